The minimum Gasteiger partial charge on any atom is -0.412 e. The summed E-state index contributed by atoms with van der Waals surface area (Å²) in [6.45, 7) is 11.0. The van der Waals surface area contributed by atoms with Gasteiger partial charge in [0.2, 0.25) is 0 Å². The summed E-state index contributed by atoms with van der Waals surface area (Å²) in [5.41, 5.74) is 6.30. The molecule has 0 atom stereocenters. The van der Waals surface area contributed by atoms with Crippen molar-refractivity contribution in [1.82, 2.24) is 0 Å². The lowest BCUT2D eigenvalue weighted by molar-refractivity contribution is 0.271. The molecule has 0 aromatic heterocycles. The molecule has 1 aromatic carbocycles. The molecule has 5 heteroatoms. The minimum absolute atomic E-state index is 0.115. The van der Waals surface area contributed by atoms with E-state index in [9.17, 15) is 4.39 Å². The Bertz CT molecular complexity index is 443. The summed E-state index contributed by atoms with van der Waals surface area (Å²) in [6.07, 6.45) is 0. The van der Waals surface area contributed by atoms with E-state index in [1.807, 2.05) is 0 Å². The zero-order valence-corrected chi connectivity index (χ0v) is 14.2. The van der Waals surface area contributed by atoms with Crippen LogP contribution in [0.3, 0.4) is 0 Å². The number of halogens is 2. The van der Waals surface area contributed by atoms with Crippen LogP contribution in [0, 0.1) is 5.82 Å². The number of nitrogens with two attached hydrogens (primary N) is 1. The van der Waals surface area contributed by atoms with Crippen molar-refractivity contribution in [1.29, 1.82) is 0 Å². The third-order valence-electron chi connectivity index (χ3n) is 3.60. The summed E-state index contributed by atoms with van der Waals surface area (Å²) in [7, 11) is -1.86. The van der Waals surface area contributed by atoms with E-state index >= 15 is 0 Å². The lowest BCUT2D eigenvalue weighted by atomic mass is 10.2. The number of hydrogen-bond donors (Lipinski definition) is 1. The maximum absolute atomic E-state index is 13.9. The summed E-state index contributed by atoms with van der Waals surface area (Å²) in [6, 6.07) is 3.46. The zero-order valence-electron chi connectivity index (χ0n) is 11.6. The van der Waals surface area contributed by atoms with Crippen molar-refractivity contribution < 1.29 is 8.82 Å². The molecule has 102 valence electrons. The van der Waals surface area contributed by atoms with Gasteiger partial charge in [0.15, 0.2) is 14.1 Å². The largest absolute Gasteiger partial charge is 0.412 e. The Kier molecular flexibility index (Phi) is 4.62. The third-order valence-corrected chi connectivity index (χ3v) is 8.77. The highest BCUT2D eigenvalue weighted by molar-refractivity contribution is 9.10. The molecule has 0 heterocycles. The molecule has 0 aliphatic rings. The normalized spacial score (nSPS) is 12.8. The van der Waals surface area contributed by atoms with E-state index in [1.165, 1.54) is 0 Å². The van der Waals surface area contributed by atoms with E-state index in [0.29, 0.717) is 10.0 Å². The van der Waals surface area contributed by atoms with E-state index in [-0.39, 0.29) is 23.1 Å². The van der Waals surface area contributed by atoms with Gasteiger partial charge in [-0.1, -0.05) is 26.8 Å². The first-order chi connectivity index (χ1) is 8.06. The maximum Gasteiger partial charge on any atom is 0.192 e. The average molecular weight is 334 g/mol. The minimum atomic E-state index is -1.86. The van der Waals surface area contributed by atoms with Crippen LogP contribution in [0.5, 0.6) is 0 Å². The average Bonchev–Trinajstić information content (AvgIpc) is 2.23. The number of nitrogen functional groups attached to an aromatic ring is 1. The molecule has 0 saturated carbocycles. The first kappa shape index (κ1) is 15.7. The smallest absolute Gasteiger partial charge is 0.192 e. The zero-order chi connectivity index (χ0) is 14.1. The summed E-state index contributed by atoms with van der Waals surface area (Å²) in [5.74, 6) is -0.386. The second kappa shape index (κ2) is 5.31. The molecule has 0 aliphatic heterocycles. The van der Waals surface area contributed by atoms with E-state index < -0.39 is 8.32 Å². The fraction of sp³-hybridized carbons (Fsp3) is 0.538. The summed E-state index contributed by atoms with van der Waals surface area (Å²) in [5, 5.41) is 0.115. The molecule has 0 bridgehead atoms. The van der Waals surface area contributed by atoms with Crippen LogP contribution in [0.25, 0.3) is 0 Å². The van der Waals surface area contributed by atoms with Gasteiger partial charge in [-0.25, -0.2) is 4.39 Å². The quantitative estimate of drug-likeness (QED) is 0.643. The topological polar surface area (TPSA) is 35.2 Å². The fourth-order valence-corrected chi connectivity index (χ4v) is 2.46. The summed E-state index contributed by atoms with van der Waals surface area (Å²) < 4.78 is 20.5. The molecule has 2 N–H and O–H groups in total. The molecule has 0 amide bonds. The van der Waals surface area contributed by atoms with Crippen LogP contribution >= 0.6 is 15.9 Å². The second-order valence-electron chi connectivity index (χ2n) is 5.98. The van der Waals surface area contributed by atoms with Crippen LogP contribution in [0.1, 0.15) is 26.3 Å². The van der Waals surface area contributed by atoms with Gasteiger partial charge in [0.1, 0.15) is 0 Å². The molecule has 0 radical (unpaired) electrons. The number of benzene rings is 1. The summed E-state index contributed by atoms with van der Waals surface area (Å²) >= 11 is 3.21. The number of rotatable bonds is 3. The number of hydrogen-bond acceptors (Lipinski definition) is 2. The first-order valence-corrected chi connectivity index (χ1v) is 9.62. The molecular weight excluding hydrogens is 313 g/mol. The van der Waals surface area contributed by atoms with Crippen LogP contribution in [-0.2, 0) is 11.0 Å². The van der Waals surface area contributed by atoms with Gasteiger partial charge in [0, 0.05) is 10.0 Å². The molecule has 0 aliphatic carbocycles. The molecule has 0 unspecified atom stereocenters. The van der Waals surface area contributed by atoms with Crippen molar-refractivity contribution >= 4 is 29.9 Å². The Morgan fingerprint density at radius 1 is 1.33 bits per heavy atom. The third kappa shape index (κ3) is 3.33. The van der Waals surface area contributed by atoms with Crippen LogP contribution in [-0.4, -0.2) is 8.32 Å². The standard InChI is InChI=1S/C13H21BrFNOSi/c1-13(2,3)18(4,5)17-8-9-6-7-10(14)12(16)11(9)15/h6-7H,8,16H2,1-5H3. The summed E-state index contributed by atoms with van der Waals surface area (Å²) in [4.78, 5) is 0. The SMILES string of the molecule is CC(C)(C)[Si](C)(C)OCc1ccc(Br)c(N)c1F. The Balaban J connectivity index is 2.85. The van der Waals surface area contributed by atoms with Crippen LogP contribution in [0.15, 0.2) is 16.6 Å². The van der Waals surface area contributed by atoms with E-state index in [4.69, 9.17) is 10.2 Å². The highest BCUT2D eigenvalue weighted by Crippen LogP contribution is 2.37. The van der Waals surface area contributed by atoms with Crippen LogP contribution in [0.4, 0.5) is 10.1 Å². The molecule has 0 fully saturated rings. The lowest BCUT2D eigenvalue weighted by Crippen LogP contribution is -2.40. The molecular formula is C13H21BrFNOSi. The van der Waals surface area contributed by atoms with Gasteiger partial charge in [-0.05, 0) is 40.1 Å². The second-order valence-corrected chi connectivity index (χ2v) is 11.6. The van der Waals surface area contributed by atoms with E-state index in [1.54, 1.807) is 12.1 Å². The Morgan fingerprint density at radius 2 is 1.89 bits per heavy atom. The predicted molar refractivity (Wildman–Crippen MR) is 80.5 cm³/mol. The molecule has 1 aromatic rings. The number of anilines is 1. The fourth-order valence-electron chi connectivity index (χ4n) is 1.20. The van der Waals surface area contributed by atoms with Crippen LogP contribution < -0.4 is 5.73 Å². The van der Waals surface area contributed by atoms with Gasteiger partial charge < -0.3 is 10.2 Å². The Labute approximate surface area is 118 Å². The molecule has 1 rings (SSSR count). The van der Waals surface area contributed by atoms with Crippen LogP contribution in [0.2, 0.25) is 18.1 Å². The highest BCUT2D eigenvalue weighted by atomic mass is 79.9. The lowest BCUT2D eigenvalue weighted by Gasteiger charge is -2.36. The highest BCUT2D eigenvalue weighted by Gasteiger charge is 2.37. The van der Waals surface area contributed by atoms with Crippen molar-refractivity contribution in [2.24, 2.45) is 0 Å². The van der Waals surface area contributed by atoms with Gasteiger partial charge in [0.25, 0.3) is 0 Å². The molecule has 0 saturated heterocycles. The van der Waals surface area contributed by atoms with Crippen molar-refractivity contribution in [3.8, 4) is 0 Å². The Hall–Kier alpha value is -0.393. The molecule has 0 spiro atoms. The molecule has 18 heavy (non-hydrogen) atoms. The Morgan fingerprint density at radius 3 is 2.39 bits per heavy atom. The van der Waals surface area contributed by atoms with Crippen molar-refractivity contribution in [3.05, 3.63) is 28.0 Å². The predicted octanol–water partition coefficient (Wildman–Crippen LogP) is 4.69. The van der Waals surface area contributed by atoms with Gasteiger partial charge >= 0.3 is 0 Å². The van der Waals surface area contributed by atoms with Crippen molar-refractivity contribution in [2.45, 2.75) is 45.5 Å². The van der Waals surface area contributed by atoms with E-state index in [2.05, 4.69) is 49.8 Å². The van der Waals surface area contributed by atoms with Crippen molar-refractivity contribution in [3.63, 3.8) is 0 Å². The molecule has 2 nitrogen and oxygen atoms in total. The van der Waals surface area contributed by atoms with Gasteiger partial charge in [-0.2, -0.15) is 0 Å². The van der Waals surface area contributed by atoms with Gasteiger partial charge in [-0.3, -0.25) is 0 Å². The van der Waals surface area contributed by atoms with Crippen molar-refractivity contribution in [2.75, 3.05) is 5.73 Å². The van der Waals surface area contributed by atoms with Gasteiger partial charge in [-0.15, -0.1) is 0 Å². The maximum atomic E-state index is 13.9. The van der Waals surface area contributed by atoms with Gasteiger partial charge in [0.05, 0.1) is 12.3 Å². The first-order valence-electron chi connectivity index (χ1n) is 5.92. The monoisotopic (exact) mass is 333 g/mol. The van der Waals surface area contributed by atoms with E-state index in [0.717, 1.165) is 0 Å².